The average Bonchev–Trinajstić information content (AvgIpc) is 2.24. The summed E-state index contributed by atoms with van der Waals surface area (Å²) >= 11 is 5.53. The standard InChI is InChI=1S/C12H14ClFO2/c1-2-5-16-8-10(15)6-9-3-4-11(13)12(14)7-9/h3-4,7H,2,5-6,8H2,1H3. The molecule has 0 unspecified atom stereocenters. The van der Waals surface area contributed by atoms with E-state index in [0.717, 1.165) is 6.42 Å². The molecule has 16 heavy (non-hydrogen) atoms. The summed E-state index contributed by atoms with van der Waals surface area (Å²) in [5.41, 5.74) is 0.618. The first-order valence-electron chi connectivity index (χ1n) is 5.17. The molecule has 0 aliphatic carbocycles. The second-order valence-electron chi connectivity index (χ2n) is 3.52. The van der Waals surface area contributed by atoms with Crippen LogP contribution in [0, 0.1) is 5.82 Å². The lowest BCUT2D eigenvalue weighted by Crippen LogP contribution is -2.12. The maximum Gasteiger partial charge on any atom is 0.162 e. The third-order valence-electron chi connectivity index (χ3n) is 2.00. The van der Waals surface area contributed by atoms with Gasteiger partial charge < -0.3 is 4.74 Å². The Balaban J connectivity index is 2.46. The molecule has 0 N–H and O–H groups in total. The average molecular weight is 245 g/mol. The van der Waals surface area contributed by atoms with Crippen LogP contribution in [0.3, 0.4) is 0 Å². The molecule has 0 radical (unpaired) electrons. The summed E-state index contributed by atoms with van der Waals surface area (Å²) in [5.74, 6) is -0.559. The van der Waals surface area contributed by atoms with Gasteiger partial charge in [-0.2, -0.15) is 0 Å². The zero-order valence-corrected chi connectivity index (χ0v) is 9.89. The highest BCUT2D eigenvalue weighted by Gasteiger charge is 2.06. The molecular formula is C12H14ClFO2. The molecule has 0 bridgehead atoms. The molecule has 1 rings (SSSR count). The maximum atomic E-state index is 13.1. The van der Waals surface area contributed by atoms with E-state index in [0.29, 0.717) is 12.2 Å². The van der Waals surface area contributed by atoms with Gasteiger partial charge in [-0.05, 0) is 24.1 Å². The predicted octanol–water partition coefficient (Wildman–Crippen LogP) is 3.02. The van der Waals surface area contributed by atoms with Gasteiger partial charge in [0, 0.05) is 13.0 Å². The van der Waals surface area contributed by atoms with E-state index >= 15 is 0 Å². The van der Waals surface area contributed by atoms with Crippen LogP contribution in [0.2, 0.25) is 5.02 Å². The minimum absolute atomic E-state index is 0.0600. The summed E-state index contributed by atoms with van der Waals surface area (Å²) in [6.07, 6.45) is 1.06. The van der Waals surface area contributed by atoms with E-state index in [1.807, 2.05) is 6.92 Å². The second kappa shape index (κ2) is 6.61. The molecule has 0 aromatic heterocycles. The zero-order chi connectivity index (χ0) is 12.0. The topological polar surface area (TPSA) is 26.3 Å². The van der Waals surface area contributed by atoms with Crippen LogP contribution in [0.5, 0.6) is 0 Å². The Labute approximate surface area is 99.4 Å². The van der Waals surface area contributed by atoms with Gasteiger partial charge in [-0.25, -0.2) is 4.39 Å². The third-order valence-corrected chi connectivity index (χ3v) is 2.30. The zero-order valence-electron chi connectivity index (χ0n) is 9.13. The molecule has 0 fully saturated rings. The molecular weight excluding hydrogens is 231 g/mol. The van der Waals surface area contributed by atoms with Crippen LogP contribution >= 0.6 is 11.6 Å². The number of Topliss-reactive ketones (excluding diaryl/α,β-unsaturated/α-hetero) is 1. The fraction of sp³-hybridized carbons (Fsp3) is 0.417. The van der Waals surface area contributed by atoms with Gasteiger partial charge in [0.1, 0.15) is 12.4 Å². The highest BCUT2D eigenvalue weighted by atomic mass is 35.5. The number of carbonyl (C=O) groups is 1. The minimum Gasteiger partial charge on any atom is -0.374 e. The summed E-state index contributed by atoms with van der Waals surface area (Å²) in [6, 6.07) is 4.37. The van der Waals surface area contributed by atoms with Crippen LogP contribution in [0.1, 0.15) is 18.9 Å². The minimum atomic E-state index is -0.499. The van der Waals surface area contributed by atoms with E-state index in [2.05, 4.69) is 0 Å². The van der Waals surface area contributed by atoms with E-state index in [-0.39, 0.29) is 23.8 Å². The molecule has 0 aliphatic rings. The van der Waals surface area contributed by atoms with Crippen molar-refractivity contribution in [2.45, 2.75) is 19.8 Å². The van der Waals surface area contributed by atoms with Crippen molar-refractivity contribution in [2.24, 2.45) is 0 Å². The van der Waals surface area contributed by atoms with Crippen molar-refractivity contribution >= 4 is 17.4 Å². The van der Waals surface area contributed by atoms with Gasteiger partial charge >= 0.3 is 0 Å². The Kier molecular flexibility index (Phi) is 5.43. The molecule has 1 aromatic carbocycles. The maximum absolute atomic E-state index is 13.1. The predicted molar refractivity (Wildman–Crippen MR) is 61.2 cm³/mol. The molecule has 0 spiro atoms. The van der Waals surface area contributed by atoms with E-state index in [9.17, 15) is 9.18 Å². The van der Waals surface area contributed by atoms with Gasteiger partial charge in [0.05, 0.1) is 5.02 Å². The number of benzene rings is 1. The fourth-order valence-electron chi connectivity index (χ4n) is 1.26. The summed E-state index contributed by atoms with van der Waals surface area (Å²) in [7, 11) is 0. The monoisotopic (exact) mass is 244 g/mol. The molecule has 0 saturated carbocycles. The van der Waals surface area contributed by atoms with Crippen molar-refractivity contribution in [3.8, 4) is 0 Å². The number of hydrogen-bond donors (Lipinski definition) is 0. The largest absolute Gasteiger partial charge is 0.374 e. The Morgan fingerprint density at radius 3 is 2.88 bits per heavy atom. The van der Waals surface area contributed by atoms with Gasteiger partial charge in [-0.3, -0.25) is 4.79 Å². The van der Waals surface area contributed by atoms with Crippen molar-refractivity contribution in [2.75, 3.05) is 13.2 Å². The number of carbonyl (C=O) groups excluding carboxylic acids is 1. The van der Waals surface area contributed by atoms with Gasteiger partial charge in [-0.15, -0.1) is 0 Å². The van der Waals surface area contributed by atoms with Crippen LogP contribution in [-0.4, -0.2) is 19.0 Å². The number of ketones is 1. The number of halogens is 2. The molecule has 4 heteroatoms. The van der Waals surface area contributed by atoms with Crippen molar-refractivity contribution in [3.63, 3.8) is 0 Å². The van der Waals surface area contributed by atoms with Gasteiger partial charge in [-0.1, -0.05) is 24.6 Å². The summed E-state index contributed by atoms with van der Waals surface area (Å²) in [6.45, 7) is 2.62. The summed E-state index contributed by atoms with van der Waals surface area (Å²) < 4.78 is 18.2. The fourth-order valence-corrected chi connectivity index (χ4v) is 1.38. The molecule has 2 nitrogen and oxygen atoms in total. The van der Waals surface area contributed by atoms with Crippen LogP contribution in [0.15, 0.2) is 18.2 Å². The van der Waals surface area contributed by atoms with Crippen molar-refractivity contribution in [3.05, 3.63) is 34.6 Å². The van der Waals surface area contributed by atoms with Crippen LogP contribution in [0.4, 0.5) is 4.39 Å². The first-order valence-corrected chi connectivity index (χ1v) is 5.54. The van der Waals surface area contributed by atoms with Gasteiger partial charge in [0.2, 0.25) is 0 Å². The first-order chi connectivity index (χ1) is 7.63. The van der Waals surface area contributed by atoms with Crippen LogP contribution < -0.4 is 0 Å². The molecule has 88 valence electrons. The molecule has 1 aromatic rings. The number of rotatable bonds is 6. The van der Waals surface area contributed by atoms with Gasteiger partial charge in [0.15, 0.2) is 5.78 Å². The van der Waals surface area contributed by atoms with E-state index in [1.54, 1.807) is 6.07 Å². The molecule has 0 saturated heterocycles. The van der Waals surface area contributed by atoms with Crippen LogP contribution in [-0.2, 0) is 16.0 Å². The molecule has 0 aliphatic heterocycles. The van der Waals surface area contributed by atoms with Crippen molar-refractivity contribution in [1.29, 1.82) is 0 Å². The lowest BCUT2D eigenvalue weighted by Gasteiger charge is -2.03. The molecule has 0 heterocycles. The normalized spacial score (nSPS) is 10.4. The quantitative estimate of drug-likeness (QED) is 0.719. The lowest BCUT2D eigenvalue weighted by molar-refractivity contribution is -0.122. The highest BCUT2D eigenvalue weighted by Crippen LogP contribution is 2.15. The smallest absolute Gasteiger partial charge is 0.162 e. The Bertz CT molecular complexity index is 366. The van der Waals surface area contributed by atoms with Gasteiger partial charge in [0.25, 0.3) is 0 Å². The number of hydrogen-bond acceptors (Lipinski definition) is 2. The summed E-state index contributed by atoms with van der Waals surface area (Å²) in [4.78, 5) is 11.4. The van der Waals surface area contributed by atoms with Crippen LogP contribution in [0.25, 0.3) is 0 Å². The Morgan fingerprint density at radius 1 is 1.50 bits per heavy atom. The summed E-state index contributed by atoms with van der Waals surface area (Å²) in [5, 5.41) is 0.0680. The van der Waals surface area contributed by atoms with Crippen molar-refractivity contribution in [1.82, 2.24) is 0 Å². The van der Waals surface area contributed by atoms with E-state index < -0.39 is 5.82 Å². The molecule has 0 atom stereocenters. The Hall–Kier alpha value is -0.930. The van der Waals surface area contributed by atoms with E-state index in [4.69, 9.17) is 16.3 Å². The lowest BCUT2D eigenvalue weighted by atomic mass is 10.1. The third kappa shape index (κ3) is 4.29. The molecule has 0 amide bonds. The van der Waals surface area contributed by atoms with Crippen molar-refractivity contribution < 1.29 is 13.9 Å². The number of ether oxygens (including phenoxy) is 1. The SMILES string of the molecule is CCCOCC(=O)Cc1ccc(Cl)c(F)c1. The Morgan fingerprint density at radius 2 is 2.25 bits per heavy atom. The first kappa shape index (κ1) is 13.1. The van der Waals surface area contributed by atoms with E-state index in [1.165, 1.54) is 12.1 Å². The highest BCUT2D eigenvalue weighted by molar-refractivity contribution is 6.30. The second-order valence-corrected chi connectivity index (χ2v) is 3.92.